The first kappa shape index (κ1) is 25.7. The van der Waals surface area contributed by atoms with Crippen LogP contribution < -0.4 is 0 Å². The van der Waals surface area contributed by atoms with Gasteiger partial charge in [-0.15, -0.1) is 0 Å². The van der Waals surface area contributed by atoms with E-state index in [0.29, 0.717) is 5.91 Å². The summed E-state index contributed by atoms with van der Waals surface area (Å²) in [6.45, 7) is 4.14. The van der Waals surface area contributed by atoms with Gasteiger partial charge in [0.1, 0.15) is 0 Å². The van der Waals surface area contributed by atoms with Crippen LogP contribution in [0.1, 0.15) is 43.2 Å². The van der Waals surface area contributed by atoms with Crippen molar-refractivity contribution in [3.8, 4) is 0 Å². The largest absolute Gasteiger partial charge is 0.490 e. The highest BCUT2D eigenvalue weighted by Gasteiger charge is 2.45. The number of halogens is 3. The van der Waals surface area contributed by atoms with Crippen LogP contribution in [0.3, 0.4) is 0 Å². The number of aliphatic carboxylic acids is 1. The summed E-state index contributed by atoms with van der Waals surface area (Å²) in [4.78, 5) is 26.4. The van der Waals surface area contributed by atoms with Crippen molar-refractivity contribution in [2.45, 2.75) is 56.8 Å². The molecule has 0 saturated carbocycles. The normalized spacial score (nSPS) is 21.1. The van der Waals surface area contributed by atoms with Gasteiger partial charge in [-0.2, -0.15) is 13.2 Å². The predicted molar refractivity (Wildman–Crippen MR) is 123 cm³/mol. The van der Waals surface area contributed by atoms with Gasteiger partial charge in [-0.3, -0.25) is 4.79 Å². The monoisotopic (exact) mass is 476 g/mol. The van der Waals surface area contributed by atoms with E-state index in [4.69, 9.17) is 9.90 Å². The molecular weight excluding hydrogens is 445 g/mol. The van der Waals surface area contributed by atoms with Crippen molar-refractivity contribution in [3.63, 3.8) is 0 Å². The Hall–Kier alpha value is -2.87. The highest BCUT2D eigenvalue weighted by molar-refractivity contribution is 5.79. The summed E-state index contributed by atoms with van der Waals surface area (Å²) in [6, 6.07) is 21.2. The van der Waals surface area contributed by atoms with E-state index in [2.05, 4.69) is 64.4 Å². The molecule has 1 N–H and O–H groups in total. The molecule has 2 fully saturated rings. The zero-order valence-corrected chi connectivity index (χ0v) is 19.1. The summed E-state index contributed by atoms with van der Waals surface area (Å²) in [5, 5.41) is 7.12. The van der Waals surface area contributed by atoms with Crippen molar-refractivity contribution in [1.82, 2.24) is 9.80 Å². The quantitative estimate of drug-likeness (QED) is 0.666. The van der Waals surface area contributed by atoms with Crippen molar-refractivity contribution in [2.24, 2.45) is 0 Å². The second-order valence-electron chi connectivity index (χ2n) is 8.92. The minimum absolute atomic E-state index is 0.0778. The van der Waals surface area contributed by atoms with Gasteiger partial charge < -0.3 is 14.9 Å². The van der Waals surface area contributed by atoms with Gasteiger partial charge in [-0.05, 0) is 49.8 Å². The van der Waals surface area contributed by atoms with Crippen LogP contribution in [0.2, 0.25) is 0 Å². The van der Waals surface area contributed by atoms with Crippen LogP contribution in [0.15, 0.2) is 60.7 Å². The Kier molecular flexibility index (Phi) is 8.72. The summed E-state index contributed by atoms with van der Waals surface area (Å²) in [5.41, 5.74) is 2.74. The number of benzene rings is 2. The van der Waals surface area contributed by atoms with Gasteiger partial charge in [-0.1, -0.05) is 60.7 Å². The molecule has 34 heavy (non-hydrogen) atoms. The van der Waals surface area contributed by atoms with Crippen LogP contribution >= 0.6 is 0 Å². The molecule has 2 aromatic carbocycles. The zero-order valence-electron chi connectivity index (χ0n) is 19.1. The summed E-state index contributed by atoms with van der Waals surface area (Å²) in [5.74, 6) is -2.41. The Morgan fingerprint density at radius 1 is 0.912 bits per heavy atom. The maximum Gasteiger partial charge on any atom is 0.490 e. The molecule has 4 rings (SSSR count). The third-order valence-corrected chi connectivity index (χ3v) is 6.67. The van der Waals surface area contributed by atoms with E-state index in [9.17, 15) is 18.0 Å². The fraction of sp³-hybridized carbons (Fsp3) is 0.462. The van der Waals surface area contributed by atoms with Crippen LogP contribution in [0.5, 0.6) is 0 Å². The fourth-order valence-electron chi connectivity index (χ4n) is 4.81. The molecule has 2 saturated heterocycles. The molecule has 0 aliphatic carbocycles. The standard InChI is InChI=1S/C24H30N2O.C2HF3O2/c27-23-12-15-24(26(23)20-22-10-5-2-6-11-22)14-7-17-25(19-16-24)18-13-21-8-3-1-4-9-21;3-2(4,5)1(6)7/h1-6,8-11H,7,12-20H2;(H,6,7). The number of alkyl halides is 3. The number of nitrogens with zero attached hydrogens (tertiary/aromatic N) is 2. The van der Waals surface area contributed by atoms with Gasteiger partial charge >= 0.3 is 12.1 Å². The molecule has 184 valence electrons. The van der Waals surface area contributed by atoms with Crippen LogP contribution in [0.4, 0.5) is 13.2 Å². The lowest BCUT2D eigenvalue weighted by atomic mass is 9.87. The topological polar surface area (TPSA) is 60.9 Å². The second kappa shape index (κ2) is 11.5. The highest BCUT2D eigenvalue weighted by Crippen LogP contribution is 2.40. The van der Waals surface area contributed by atoms with Gasteiger partial charge in [0.15, 0.2) is 0 Å². The summed E-state index contributed by atoms with van der Waals surface area (Å²) < 4.78 is 31.7. The maximum atomic E-state index is 12.7. The van der Waals surface area contributed by atoms with E-state index in [0.717, 1.165) is 58.3 Å². The number of carbonyl (C=O) groups is 2. The third-order valence-electron chi connectivity index (χ3n) is 6.67. The van der Waals surface area contributed by atoms with Gasteiger partial charge in [0.2, 0.25) is 5.91 Å². The number of rotatable bonds is 5. The molecule has 5 nitrogen and oxygen atoms in total. The number of likely N-dealkylation sites (tertiary alicyclic amines) is 2. The number of carbonyl (C=O) groups excluding carboxylic acids is 1. The smallest absolute Gasteiger partial charge is 0.475 e. The number of carboxylic acids is 1. The minimum atomic E-state index is -5.08. The molecule has 1 atom stereocenters. The zero-order chi connectivity index (χ0) is 24.6. The van der Waals surface area contributed by atoms with Crippen molar-refractivity contribution in [1.29, 1.82) is 0 Å². The molecule has 2 aromatic rings. The lowest BCUT2D eigenvalue weighted by Gasteiger charge is -2.38. The van der Waals surface area contributed by atoms with E-state index < -0.39 is 12.1 Å². The number of carboxylic acid groups (broad SMARTS) is 1. The molecule has 8 heteroatoms. The van der Waals surface area contributed by atoms with Gasteiger partial charge in [0.05, 0.1) is 0 Å². The summed E-state index contributed by atoms with van der Waals surface area (Å²) in [7, 11) is 0. The molecule has 0 radical (unpaired) electrons. The van der Waals surface area contributed by atoms with Crippen LogP contribution in [-0.4, -0.2) is 58.1 Å². The van der Waals surface area contributed by atoms with Crippen molar-refractivity contribution < 1.29 is 27.9 Å². The summed E-state index contributed by atoms with van der Waals surface area (Å²) in [6.07, 6.45) is 1.23. The maximum absolute atomic E-state index is 12.7. The molecule has 2 aliphatic heterocycles. The lowest BCUT2D eigenvalue weighted by Crippen LogP contribution is -2.46. The van der Waals surface area contributed by atoms with Gasteiger partial charge in [-0.25, -0.2) is 4.79 Å². The number of hydrogen-bond acceptors (Lipinski definition) is 3. The van der Waals surface area contributed by atoms with Gasteiger partial charge in [0, 0.05) is 31.6 Å². The number of amides is 1. The molecule has 2 aliphatic rings. The van der Waals surface area contributed by atoms with E-state index in [-0.39, 0.29) is 5.54 Å². The molecule has 1 unspecified atom stereocenters. The Morgan fingerprint density at radius 3 is 2.09 bits per heavy atom. The predicted octanol–water partition coefficient (Wildman–Crippen LogP) is 4.91. The Labute approximate surface area is 198 Å². The molecule has 1 amide bonds. The Bertz CT molecular complexity index is 937. The van der Waals surface area contributed by atoms with E-state index in [1.165, 1.54) is 17.5 Å². The van der Waals surface area contributed by atoms with Gasteiger partial charge in [0.25, 0.3) is 0 Å². The van der Waals surface area contributed by atoms with E-state index >= 15 is 0 Å². The third kappa shape index (κ3) is 7.06. The average molecular weight is 477 g/mol. The Morgan fingerprint density at radius 2 is 1.50 bits per heavy atom. The first-order valence-corrected chi connectivity index (χ1v) is 11.6. The van der Waals surface area contributed by atoms with Crippen LogP contribution in [0, 0.1) is 0 Å². The number of hydrogen-bond donors (Lipinski definition) is 1. The summed E-state index contributed by atoms with van der Waals surface area (Å²) >= 11 is 0. The first-order chi connectivity index (χ1) is 16.2. The van der Waals surface area contributed by atoms with E-state index in [1.807, 2.05) is 6.07 Å². The SMILES string of the molecule is O=C(O)C(F)(F)F.O=C1CCC2(CCCN(CCc3ccccc3)CC2)N1Cc1ccccc1. The van der Waals surface area contributed by atoms with Crippen LogP contribution in [0.25, 0.3) is 0 Å². The highest BCUT2D eigenvalue weighted by atomic mass is 19.4. The first-order valence-electron chi connectivity index (χ1n) is 11.6. The second-order valence-corrected chi connectivity index (χ2v) is 8.92. The Balaban J connectivity index is 0.000000406. The molecule has 1 spiro atoms. The molecule has 2 heterocycles. The van der Waals surface area contributed by atoms with Crippen molar-refractivity contribution in [2.75, 3.05) is 19.6 Å². The minimum Gasteiger partial charge on any atom is -0.475 e. The van der Waals surface area contributed by atoms with Crippen LogP contribution in [-0.2, 0) is 22.6 Å². The molecule has 0 aromatic heterocycles. The van der Waals surface area contributed by atoms with Crippen molar-refractivity contribution in [3.05, 3.63) is 71.8 Å². The van der Waals surface area contributed by atoms with Crippen molar-refractivity contribution >= 4 is 11.9 Å². The molecular formula is C26H31F3N2O3. The average Bonchev–Trinajstić information content (AvgIpc) is 2.98. The molecule has 0 bridgehead atoms. The lowest BCUT2D eigenvalue weighted by molar-refractivity contribution is -0.192. The fourth-order valence-corrected chi connectivity index (χ4v) is 4.81. The van der Waals surface area contributed by atoms with E-state index in [1.54, 1.807) is 0 Å².